The van der Waals surface area contributed by atoms with Crippen LogP contribution in [0.25, 0.3) is 0 Å². The molecule has 0 aliphatic rings. The predicted molar refractivity (Wildman–Crippen MR) is 90.3 cm³/mol. The molecule has 1 atom stereocenters. The number of nitrogens with one attached hydrogen (secondary N) is 1. The number of carboxylic acids is 1. The van der Waals surface area contributed by atoms with Crippen LogP contribution in [-0.4, -0.2) is 35.2 Å². The maximum Gasteiger partial charge on any atom is 0.308 e. The largest absolute Gasteiger partial charge is 0.496 e. The van der Waals surface area contributed by atoms with Gasteiger partial charge in [0.2, 0.25) is 0 Å². The highest BCUT2D eigenvalue weighted by molar-refractivity contribution is 5.93. The first-order valence-corrected chi connectivity index (χ1v) is 7.69. The molecular weight excluding hydrogens is 308 g/mol. The number of carbonyl (C=O) groups excluding carboxylic acids is 1. The van der Waals surface area contributed by atoms with Gasteiger partial charge in [-0.3, -0.25) is 9.59 Å². The van der Waals surface area contributed by atoms with Crippen LogP contribution in [0, 0.1) is 12.8 Å². The minimum Gasteiger partial charge on any atom is -0.496 e. The van der Waals surface area contributed by atoms with Gasteiger partial charge in [-0.15, -0.1) is 0 Å². The topological polar surface area (TPSA) is 80.6 Å². The molecule has 6 heteroatoms. The summed E-state index contributed by atoms with van der Waals surface area (Å²) in [6, 6.07) is 10.9. The second-order valence-electron chi connectivity index (χ2n) is 5.68. The molecule has 0 spiro atoms. The number of amides is 1. The van der Waals surface area contributed by atoms with Gasteiger partial charge >= 0.3 is 5.97 Å². The van der Waals surface area contributed by atoms with Crippen LogP contribution in [0.1, 0.15) is 21.7 Å². The van der Waals surface area contributed by atoms with Crippen LogP contribution in [-0.2, 0) is 18.3 Å². The van der Waals surface area contributed by atoms with E-state index in [2.05, 4.69) is 5.32 Å². The van der Waals surface area contributed by atoms with Crippen LogP contribution in [0.2, 0.25) is 0 Å². The standard InChI is InChI=1S/C18H22N2O4/c1-12-8-9-15(20(12)2)17(21)19-11-14(18(22)23)10-13-6-4-5-7-16(13)24-3/h4-9,14H,10-11H2,1-3H3,(H,19,21)(H,22,23). The second kappa shape index (κ2) is 7.68. The molecule has 2 rings (SSSR count). The number of carboxylic acid groups (broad SMARTS) is 1. The van der Waals surface area contributed by atoms with Crippen molar-refractivity contribution in [3.63, 3.8) is 0 Å². The molecule has 0 saturated carbocycles. The lowest BCUT2D eigenvalue weighted by molar-refractivity contribution is -0.141. The molecule has 1 aromatic heterocycles. The number of benzene rings is 1. The van der Waals surface area contributed by atoms with E-state index in [0.29, 0.717) is 11.4 Å². The molecular formula is C18H22N2O4. The van der Waals surface area contributed by atoms with Gasteiger partial charge in [0.05, 0.1) is 13.0 Å². The zero-order chi connectivity index (χ0) is 17.7. The third kappa shape index (κ3) is 3.95. The van der Waals surface area contributed by atoms with E-state index < -0.39 is 11.9 Å². The minimum atomic E-state index is -0.954. The Balaban J connectivity index is 2.05. The lowest BCUT2D eigenvalue weighted by Crippen LogP contribution is -2.35. The molecule has 0 aliphatic heterocycles. The Bertz CT molecular complexity index is 736. The predicted octanol–water partition coefficient (Wildman–Crippen LogP) is 2.02. The highest BCUT2D eigenvalue weighted by atomic mass is 16.5. The number of hydrogen-bond acceptors (Lipinski definition) is 3. The molecule has 0 radical (unpaired) electrons. The van der Waals surface area contributed by atoms with Gasteiger partial charge in [0.25, 0.3) is 5.91 Å². The summed E-state index contributed by atoms with van der Waals surface area (Å²) in [7, 11) is 3.35. The van der Waals surface area contributed by atoms with E-state index in [1.807, 2.05) is 31.2 Å². The van der Waals surface area contributed by atoms with Gasteiger partial charge in [0.15, 0.2) is 0 Å². The van der Waals surface area contributed by atoms with Gasteiger partial charge < -0.3 is 19.7 Å². The maximum absolute atomic E-state index is 12.2. The van der Waals surface area contributed by atoms with Crippen molar-refractivity contribution >= 4 is 11.9 Å². The summed E-state index contributed by atoms with van der Waals surface area (Å²) in [4.78, 5) is 23.8. The summed E-state index contributed by atoms with van der Waals surface area (Å²) < 4.78 is 7.02. The van der Waals surface area contributed by atoms with Gasteiger partial charge in [-0.05, 0) is 37.1 Å². The fourth-order valence-electron chi connectivity index (χ4n) is 2.53. The Morgan fingerprint density at radius 2 is 1.96 bits per heavy atom. The smallest absolute Gasteiger partial charge is 0.308 e. The molecule has 0 aliphatic carbocycles. The van der Waals surface area contributed by atoms with Crippen molar-refractivity contribution in [3.8, 4) is 5.75 Å². The van der Waals surface area contributed by atoms with E-state index in [9.17, 15) is 14.7 Å². The van der Waals surface area contributed by atoms with Crippen LogP contribution in [0.4, 0.5) is 0 Å². The van der Waals surface area contributed by atoms with Gasteiger partial charge in [-0.1, -0.05) is 18.2 Å². The van der Waals surface area contributed by atoms with Gasteiger partial charge in [-0.25, -0.2) is 0 Å². The van der Waals surface area contributed by atoms with Crippen LogP contribution in [0.3, 0.4) is 0 Å². The van der Waals surface area contributed by atoms with Gasteiger partial charge in [-0.2, -0.15) is 0 Å². The normalized spacial score (nSPS) is 11.8. The fourth-order valence-corrected chi connectivity index (χ4v) is 2.53. The first kappa shape index (κ1) is 17.6. The molecule has 24 heavy (non-hydrogen) atoms. The van der Waals surface area contributed by atoms with E-state index in [-0.39, 0.29) is 18.9 Å². The highest BCUT2D eigenvalue weighted by Crippen LogP contribution is 2.21. The van der Waals surface area contributed by atoms with E-state index in [1.54, 1.807) is 30.9 Å². The summed E-state index contributed by atoms with van der Waals surface area (Å²) in [6.45, 7) is 1.95. The van der Waals surface area contributed by atoms with E-state index in [1.165, 1.54) is 0 Å². The molecule has 1 unspecified atom stereocenters. The van der Waals surface area contributed by atoms with E-state index >= 15 is 0 Å². The lowest BCUT2D eigenvalue weighted by Gasteiger charge is -2.15. The number of rotatable bonds is 7. The van der Waals surface area contributed by atoms with Crippen molar-refractivity contribution in [1.82, 2.24) is 9.88 Å². The van der Waals surface area contributed by atoms with Crippen molar-refractivity contribution in [1.29, 1.82) is 0 Å². The highest BCUT2D eigenvalue weighted by Gasteiger charge is 2.21. The third-order valence-corrected chi connectivity index (χ3v) is 4.12. The number of methoxy groups -OCH3 is 1. The average Bonchev–Trinajstić information content (AvgIpc) is 2.90. The summed E-state index contributed by atoms with van der Waals surface area (Å²) in [5, 5.41) is 12.2. The van der Waals surface area contributed by atoms with Crippen LogP contribution in [0.15, 0.2) is 36.4 Å². The molecule has 1 aromatic carbocycles. The van der Waals surface area contributed by atoms with Crippen molar-refractivity contribution in [2.24, 2.45) is 13.0 Å². The third-order valence-electron chi connectivity index (χ3n) is 4.12. The number of carbonyl (C=O) groups is 2. The monoisotopic (exact) mass is 330 g/mol. The molecule has 1 heterocycles. The molecule has 0 saturated heterocycles. The lowest BCUT2D eigenvalue weighted by atomic mass is 9.98. The summed E-state index contributed by atoms with van der Waals surface area (Å²) >= 11 is 0. The van der Waals surface area contributed by atoms with Crippen molar-refractivity contribution in [2.45, 2.75) is 13.3 Å². The molecule has 0 fully saturated rings. The number of ether oxygens (including phenoxy) is 1. The number of para-hydroxylation sites is 1. The van der Waals surface area contributed by atoms with Gasteiger partial charge in [0.1, 0.15) is 11.4 Å². The molecule has 2 N–H and O–H groups in total. The summed E-state index contributed by atoms with van der Waals surface area (Å²) in [5.41, 5.74) is 2.27. The SMILES string of the molecule is COc1ccccc1CC(CNC(=O)c1ccc(C)n1C)C(=O)O. The minimum absolute atomic E-state index is 0.0520. The maximum atomic E-state index is 12.2. The quantitative estimate of drug-likeness (QED) is 0.814. The van der Waals surface area contributed by atoms with E-state index in [4.69, 9.17) is 4.74 Å². The van der Waals surface area contributed by atoms with Crippen LogP contribution < -0.4 is 10.1 Å². The molecule has 0 bridgehead atoms. The molecule has 2 aromatic rings. The molecule has 1 amide bonds. The van der Waals surface area contributed by atoms with Crippen LogP contribution in [0.5, 0.6) is 5.75 Å². The average molecular weight is 330 g/mol. The van der Waals surface area contributed by atoms with Crippen LogP contribution >= 0.6 is 0 Å². The molecule has 6 nitrogen and oxygen atoms in total. The number of nitrogens with zero attached hydrogens (tertiary/aromatic N) is 1. The van der Waals surface area contributed by atoms with Gasteiger partial charge in [0, 0.05) is 19.3 Å². The Kier molecular flexibility index (Phi) is 5.63. The zero-order valence-electron chi connectivity index (χ0n) is 14.1. The second-order valence-corrected chi connectivity index (χ2v) is 5.68. The Morgan fingerprint density at radius 1 is 1.25 bits per heavy atom. The number of hydrogen-bond donors (Lipinski definition) is 2. The Morgan fingerprint density at radius 3 is 2.54 bits per heavy atom. The number of aromatic nitrogens is 1. The van der Waals surface area contributed by atoms with E-state index in [0.717, 1.165) is 11.3 Å². The number of aryl methyl sites for hydroxylation is 1. The Hall–Kier alpha value is -2.76. The fraction of sp³-hybridized carbons (Fsp3) is 0.333. The zero-order valence-corrected chi connectivity index (χ0v) is 14.1. The summed E-state index contributed by atoms with van der Waals surface area (Å²) in [6.07, 6.45) is 0.284. The Labute approximate surface area is 141 Å². The first-order valence-electron chi connectivity index (χ1n) is 7.69. The van der Waals surface area contributed by atoms with Crippen molar-refractivity contribution < 1.29 is 19.4 Å². The molecule has 128 valence electrons. The van der Waals surface area contributed by atoms with Crippen molar-refractivity contribution in [2.75, 3.05) is 13.7 Å². The summed E-state index contributed by atoms with van der Waals surface area (Å²) in [5.74, 6) is -1.32. The number of aliphatic carboxylic acids is 1. The first-order chi connectivity index (χ1) is 11.4. The van der Waals surface area contributed by atoms with Crippen molar-refractivity contribution in [3.05, 3.63) is 53.3 Å².